The summed E-state index contributed by atoms with van der Waals surface area (Å²) in [5, 5.41) is 0. The van der Waals surface area contributed by atoms with Crippen LogP contribution in [0.1, 0.15) is 39.5 Å². The summed E-state index contributed by atoms with van der Waals surface area (Å²) in [7, 11) is 0. The molecule has 0 saturated carbocycles. The lowest BCUT2D eigenvalue weighted by atomic mass is 10.1. The van der Waals surface area contributed by atoms with E-state index in [9.17, 15) is 0 Å². The monoisotopic (exact) mass is 125 g/mol. The Hall–Kier alpha value is -0.260. The normalized spacial score (nSPS) is 9.56. The average Bonchev–Trinajstić information content (AvgIpc) is 1.89. The summed E-state index contributed by atoms with van der Waals surface area (Å²) in [6.45, 7) is 8.16. The summed E-state index contributed by atoms with van der Waals surface area (Å²) < 4.78 is 0. The lowest BCUT2D eigenvalue weighted by Gasteiger charge is -1.98. The van der Waals surface area contributed by atoms with Crippen LogP contribution in [0.2, 0.25) is 0 Å². The van der Waals surface area contributed by atoms with Crippen molar-refractivity contribution in [2.45, 2.75) is 39.5 Å². The van der Waals surface area contributed by atoms with Crippen molar-refractivity contribution in [3.63, 3.8) is 0 Å². The second-order valence-electron chi connectivity index (χ2n) is 2.40. The lowest BCUT2D eigenvalue weighted by molar-refractivity contribution is 0.716. The molecule has 53 valence electrons. The van der Waals surface area contributed by atoms with Gasteiger partial charge in [-0.05, 0) is 19.3 Å². The maximum absolute atomic E-state index is 3.89. The number of hydrogen-bond donors (Lipinski definition) is 0. The minimum atomic E-state index is 1.18. The van der Waals surface area contributed by atoms with Crippen LogP contribution in [0.3, 0.4) is 0 Å². The molecule has 0 aliphatic carbocycles. The molecule has 0 saturated heterocycles. The summed E-state index contributed by atoms with van der Waals surface area (Å²) in [6.07, 6.45) is 7.23. The van der Waals surface area contributed by atoms with Gasteiger partial charge in [0, 0.05) is 0 Å². The van der Waals surface area contributed by atoms with Crippen LogP contribution < -0.4 is 0 Å². The highest BCUT2D eigenvalue weighted by Crippen LogP contribution is 2.08. The van der Waals surface area contributed by atoms with Gasteiger partial charge in [-0.3, -0.25) is 0 Å². The molecular formula is C9H17. The Labute approximate surface area is 59.0 Å². The van der Waals surface area contributed by atoms with Crippen molar-refractivity contribution in [2.75, 3.05) is 0 Å². The maximum atomic E-state index is 3.89. The zero-order valence-corrected chi connectivity index (χ0v) is 6.61. The third-order valence-corrected chi connectivity index (χ3v) is 1.51. The fraction of sp³-hybridized carbons (Fsp3) is 0.667. The fourth-order valence-corrected chi connectivity index (χ4v) is 0.746. The molecule has 0 rings (SSSR count). The van der Waals surface area contributed by atoms with Crippen molar-refractivity contribution in [1.82, 2.24) is 0 Å². The molecule has 0 fully saturated rings. The van der Waals surface area contributed by atoms with E-state index in [0.717, 1.165) is 0 Å². The van der Waals surface area contributed by atoms with Gasteiger partial charge in [-0.2, -0.15) is 0 Å². The summed E-state index contributed by atoms with van der Waals surface area (Å²) in [4.78, 5) is 0. The molecule has 0 heteroatoms. The molecule has 0 nitrogen and oxygen atoms in total. The Morgan fingerprint density at radius 1 is 1.44 bits per heavy atom. The van der Waals surface area contributed by atoms with E-state index in [0.29, 0.717) is 0 Å². The molecule has 0 amide bonds. The maximum Gasteiger partial charge on any atom is -0.0171 e. The summed E-state index contributed by atoms with van der Waals surface area (Å²) >= 11 is 0. The molecule has 0 spiro atoms. The van der Waals surface area contributed by atoms with Crippen molar-refractivity contribution >= 4 is 0 Å². The molecule has 0 N–H and O–H groups in total. The molecule has 0 aromatic rings. The zero-order valence-electron chi connectivity index (χ0n) is 6.61. The highest BCUT2D eigenvalue weighted by molar-refractivity contribution is 5.04. The predicted octanol–water partition coefficient (Wildman–Crippen LogP) is 3.35. The smallest absolute Gasteiger partial charge is 0.0171 e. The number of rotatable bonds is 5. The molecule has 0 aromatic heterocycles. The first kappa shape index (κ1) is 8.74. The summed E-state index contributed by atoms with van der Waals surface area (Å²) in [5.41, 5.74) is 1.28. The third kappa shape index (κ3) is 5.61. The van der Waals surface area contributed by atoms with Crippen molar-refractivity contribution < 1.29 is 0 Å². The Kier molecular flexibility index (Phi) is 5.70. The standard InChI is InChI=1S/C9H17/c1-4-6-7-8-9(3)5-2/h5H,3-4,6-8H2,1-2H3. The Morgan fingerprint density at radius 3 is 2.56 bits per heavy atom. The van der Waals surface area contributed by atoms with Crippen LogP contribution in [0, 0.1) is 6.42 Å². The Bertz CT molecular complexity index is 72.1. The van der Waals surface area contributed by atoms with E-state index in [1.54, 1.807) is 0 Å². The summed E-state index contributed by atoms with van der Waals surface area (Å²) in [6, 6.07) is 0. The van der Waals surface area contributed by atoms with E-state index in [1.807, 2.05) is 6.92 Å². The van der Waals surface area contributed by atoms with Gasteiger partial charge in [-0.1, -0.05) is 38.8 Å². The van der Waals surface area contributed by atoms with Gasteiger partial charge in [-0.15, -0.1) is 0 Å². The van der Waals surface area contributed by atoms with Crippen LogP contribution in [0.4, 0.5) is 0 Å². The molecule has 0 atom stereocenters. The minimum absolute atomic E-state index is 1.18. The highest BCUT2D eigenvalue weighted by Gasteiger charge is 1.89. The zero-order chi connectivity index (χ0) is 7.11. The van der Waals surface area contributed by atoms with Crippen LogP contribution in [0.25, 0.3) is 0 Å². The lowest BCUT2D eigenvalue weighted by Crippen LogP contribution is -1.79. The fourth-order valence-electron chi connectivity index (χ4n) is 0.746. The first-order chi connectivity index (χ1) is 4.31. The molecule has 0 aliphatic rings. The Morgan fingerprint density at radius 2 is 2.11 bits per heavy atom. The third-order valence-electron chi connectivity index (χ3n) is 1.51. The van der Waals surface area contributed by atoms with Crippen molar-refractivity contribution in [2.24, 2.45) is 0 Å². The molecule has 0 aliphatic heterocycles. The number of hydrogen-bond acceptors (Lipinski definition) is 0. The number of unbranched alkanes of at least 4 members (excludes halogenated alkanes) is 2. The van der Waals surface area contributed by atoms with E-state index in [-0.39, 0.29) is 0 Å². The minimum Gasteiger partial charge on any atom is -0.0996 e. The molecule has 0 aromatic carbocycles. The first-order valence-corrected chi connectivity index (χ1v) is 3.78. The molecule has 9 heavy (non-hydrogen) atoms. The predicted molar refractivity (Wildman–Crippen MR) is 43.3 cm³/mol. The van der Waals surface area contributed by atoms with Crippen LogP contribution in [0.5, 0.6) is 0 Å². The van der Waals surface area contributed by atoms with Gasteiger partial charge in [0.15, 0.2) is 0 Å². The van der Waals surface area contributed by atoms with Crippen LogP contribution in [-0.4, -0.2) is 0 Å². The molecule has 0 bridgehead atoms. The van der Waals surface area contributed by atoms with Gasteiger partial charge >= 0.3 is 0 Å². The molecule has 1 radical (unpaired) electrons. The van der Waals surface area contributed by atoms with E-state index in [2.05, 4.69) is 19.9 Å². The van der Waals surface area contributed by atoms with E-state index in [1.165, 1.54) is 31.3 Å². The van der Waals surface area contributed by atoms with E-state index in [4.69, 9.17) is 0 Å². The molecule has 0 heterocycles. The molecule has 0 unspecified atom stereocenters. The Balaban J connectivity index is 2.97. The molecular weight excluding hydrogens is 108 g/mol. The summed E-state index contributed by atoms with van der Waals surface area (Å²) in [5.74, 6) is 0. The second kappa shape index (κ2) is 5.87. The van der Waals surface area contributed by atoms with Gasteiger partial charge in [0.2, 0.25) is 0 Å². The quantitative estimate of drug-likeness (QED) is 0.494. The first-order valence-electron chi connectivity index (χ1n) is 3.78. The van der Waals surface area contributed by atoms with Gasteiger partial charge in [0.25, 0.3) is 0 Å². The second-order valence-corrected chi connectivity index (χ2v) is 2.40. The van der Waals surface area contributed by atoms with Crippen LogP contribution >= 0.6 is 0 Å². The largest absolute Gasteiger partial charge is 0.0996 e. The highest BCUT2D eigenvalue weighted by atomic mass is 13.9. The van der Waals surface area contributed by atoms with Gasteiger partial charge in [-0.25, -0.2) is 0 Å². The van der Waals surface area contributed by atoms with Crippen LogP contribution in [0.15, 0.2) is 12.2 Å². The van der Waals surface area contributed by atoms with Crippen molar-refractivity contribution in [3.8, 4) is 0 Å². The number of allylic oxidation sites excluding steroid dienone is 1. The van der Waals surface area contributed by atoms with E-state index >= 15 is 0 Å². The topological polar surface area (TPSA) is 0 Å². The van der Waals surface area contributed by atoms with E-state index < -0.39 is 0 Å². The van der Waals surface area contributed by atoms with Crippen LogP contribution in [-0.2, 0) is 0 Å². The van der Waals surface area contributed by atoms with Crippen molar-refractivity contribution in [1.29, 1.82) is 0 Å². The average molecular weight is 125 g/mol. The van der Waals surface area contributed by atoms with Gasteiger partial charge in [0.1, 0.15) is 0 Å². The van der Waals surface area contributed by atoms with Gasteiger partial charge < -0.3 is 0 Å². The van der Waals surface area contributed by atoms with Crippen molar-refractivity contribution in [3.05, 3.63) is 18.6 Å². The van der Waals surface area contributed by atoms with Gasteiger partial charge in [0.05, 0.1) is 0 Å². The SMILES string of the molecule is C=C([CH]C)CCCCC.